The summed E-state index contributed by atoms with van der Waals surface area (Å²) >= 11 is 0. The lowest BCUT2D eigenvalue weighted by Gasteiger charge is -2.18. The first-order chi connectivity index (χ1) is 14.3. The Balaban J connectivity index is 1.78. The Kier molecular flexibility index (Phi) is 6.52. The van der Waals surface area contributed by atoms with Crippen LogP contribution in [0.1, 0.15) is 40.9 Å². The monoisotopic (exact) mass is 426 g/mol. The number of amides is 1. The van der Waals surface area contributed by atoms with Crippen LogP contribution in [-0.2, 0) is 10.0 Å². The summed E-state index contributed by atoms with van der Waals surface area (Å²) in [5.41, 5.74) is 2.59. The van der Waals surface area contributed by atoms with Gasteiger partial charge in [0, 0.05) is 11.3 Å². The highest BCUT2D eigenvalue weighted by Gasteiger charge is 2.18. The Morgan fingerprint density at radius 3 is 2.30 bits per heavy atom. The van der Waals surface area contributed by atoms with Gasteiger partial charge in [0.15, 0.2) is 0 Å². The number of aryl methyl sites for hydroxylation is 1. The lowest BCUT2D eigenvalue weighted by molar-refractivity contribution is 0.0935. The normalized spacial score (nSPS) is 12.2. The molecule has 0 aliphatic heterocycles. The van der Waals surface area contributed by atoms with Crippen molar-refractivity contribution in [3.05, 3.63) is 95.3 Å². The predicted octanol–water partition coefficient (Wildman–Crippen LogP) is 4.82. The summed E-state index contributed by atoms with van der Waals surface area (Å²) < 4.78 is 40.7. The molecular weight excluding hydrogens is 403 g/mol. The van der Waals surface area contributed by atoms with Gasteiger partial charge < -0.3 is 5.32 Å². The van der Waals surface area contributed by atoms with Crippen molar-refractivity contribution in [2.45, 2.75) is 31.2 Å². The Labute approximate surface area is 176 Å². The Hall–Kier alpha value is -3.19. The molecule has 0 spiro atoms. The van der Waals surface area contributed by atoms with E-state index in [1.165, 1.54) is 30.3 Å². The van der Waals surface area contributed by atoms with Crippen LogP contribution in [0.2, 0.25) is 0 Å². The number of halogens is 1. The third-order valence-electron chi connectivity index (χ3n) is 4.70. The average molecular weight is 427 g/mol. The molecule has 3 aromatic rings. The lowest BCUT2D eigenvalue weighted by Crippen LogP contribution is -2.28. The summed E-state index contributed by atoms with van der Waals surface area (Å²) in [4.78, 5) is 12.7. The summed E-state index contributed by atoms with van der Waals surface area (Å²) in [6.45, 7) is 3.97. The number of carbonyl (C=O) groups is 1. The van der Waals surface area contributed by atoms with Crippen LogP contribution in [0.3, 0.4) is 0 Å². The van der Waals surface area contributed by atoms with E-state index < -0.39 is 15.8 Å². The van der Waals surface area contributed by atoms with Crippen LogP contribution in [0.25, 0.3) is 0 Å². The third kappa shape index (κ3) is 5.24. The summed E-state index contributed by atoms with van der Waals surface area (Å²) in [5.74, 6) is -0.822. The smallest absolute Gasteiger partial charge is 0.261 e. The molecule has 0 bridgehead atoms. The second-order valence-electron chi connectivity index (χ2n) is 6.99. The lowest BCUT2D eigenvalue weighted by atomic mass is 10.0. The van der Waals surface area contributed by atoms with Crippen LogP contribution >= 0.6 is 0 Å². The molecule has 5 nitrogen and oxygen atoms in total. The second kappa shape index (κ2) is 9.09. The largest absolute Gasteiger partial charge is 0.345 e. The molecule has 0 aliphatic carbocycles. The van der Waals surface area contributed by atoms with Gasteiger partial charge in [0.2, 0.25) is 0 Å². The SMILES string of the molecule is CCC(NC(=O)c1cccc(S(=O)(=O)Nc2ccc(F)cc2)c1)c1ccc(C)cc1. The zero-order valence-corrected chi connectivity index (χ0v) is 17.5. The van der Waals surface area contributed by atoms with Crippen molar-refractivity contribution in [1.82, 2.24) is 5.32 Å². The number of rotatable bonds is 7. The fraction of sp³-hybridized carbons (Fsp3) is 0.174. The van der Waals surface area contributed by atoms with E-state index in [0.717, 1.165) is 23.3 Å². The fourth-order valence-electron chi connectivity index (χ4n) is 3.00. The summed E-state index contributed by atoms with van der Waals surface area (Å²) in [6.07, 6.45) is 0.693. The molecule has 7 heteroatoms. The van der Waals surface area contributed by atoms with E-state index in [4.69, 9.17) is 0 Å². The highest BCUT2D eigenvalue weighted by Crippen LogP contribution is 2.20. The zero-order chi connectivity index (χ0) is 21.7. The molecule has 1 atom stereocenters. The van der Waals surface area contributed by atoms with Crippen molar-refractivity contribution in [2.24, 2.45) is 0 Å². The number of hydrogen-bond acceptors (Lipinski definition) is 3. The van der Waals surface area contributed by atoms with E-state index in [9.17, 15) is 17.6 Å². The summed E-state index contributed by atoms with van der Waals surface area (Å²) in [5, 5.41) is 2.96. The molecule has 0 aromatic heterocycles. The molecule has 30 heavy (non-hydrogen) atoms. The minimum absolute atomic E-state index is 0.0529. The number of nitrogens with one attached hydrogen (secondary N) is 2. The van der Waals surface area contributed by atoms with Crippen LogP contribution in [-0.4, -0.2) is 14.3 Å². The standard InChI is InChI=1S/C23H23FN2O3S/c1-3-22(17-9-7-16(2)8-10-17)25-23(27)18-5-4-6-21(15-18)30(28,29)26-20-13-11-19(24)12-14-20/h4-15,22,26H,3H2,1-2H3,(H,25,27). The van der Waals surface area contributed by atoms with Crippen molar-refractivity contribution >= 4 is 21.6 Å². The first-order valence-corrected chi connectivity index (χ1v) is 11.0. The number of sulfonamides is 1. The summed E-state index contributed by atoms with van der Waals surface area (Å²) in [7, 11) is -3.93. The number of carbonyl (C=O) groups excluding carboxylic acids is 1. The maximum atomic E-state index is 13.0. The van der Waals surface area contributed by atoms with Gasteiger partial charge in [0.05, 0.1) is 10.9 Å². The van der Waals surface area contributed by atoms with Gasteiger partial charge in [-0.3, -0.25) is 9.52 Å². The summed E-state index contributed by atoms with van der Waals surface area (Å²) in [6, 6.07) is 18.5. The van der Waals surface area contributed by atoms with Crippen LogP contribution in [0.15, 0.2) is 77.7 Å². The number of hydrogen-bond donors (Lipinski definition) is 2. The van der Waals surface area contributed by atoms with Gasteiger partial charge in [-0.1, -0.05) is 42.8 Å². The molecule has 0 saturated heterocycles. The quantitative estimate of drug-likeness (QED) is 0.569. The van der Waals surface area contributed by atoms with E-state index in [-0.39, 0.29) is 28.1 Å². The topological polar surface area (TPSA) is 75.3 Å². The van der Waals surface area contributed by atoms with Crippen molar-refractivity contribution in [1.29, 1.82) is 0 Å². The van der Waals surface area contributed by atoms with Gasteiger partial charge in [-0.05, 0) is 61.4 Å². The van der Waals surface area contributed by atoms with Crippen molar-refractivity contribution in [3.8, 4) is 0 Å². The average Bonchev–Trinajstić information content (AvgIpc) is 2.74. The van der Waals surface area contributed by atoms with Gasteiger partial charge >= 0.3 is 0 Å². The molecule has 156 valence electrons. The van der Waals surface area contributed by atoms with E-state index in [1.54, 1.807) is 6.07 Å². The van der Waals surface area contributed by atoms with Crippen molar-refractivity contribution in [3.63, 3.8) is 0 Å². The highest BCUT2D eigenvalue weighted by atomic mass is 32.2. The molecule has 0 heterocycles. The minimum atomic E-state index is -3.93. The van der Waals surface area contributed by atoms with Gasteiger partial charge in [-0.25, -0.2) is 12.8 Å². The predicted molar refractivity (Wildman–Crippen MR) is 115 cm³/mol. The van der Waals surface area contributed by atoms with Crippen molar-refractivity contribution < 1.29 is 17.6 Å². The molecule has 3 rings (SSSR count). The van der Waals surface area contributed by atoms with E-state index >= 15 is 0 Å². The highest BCUT2D eigenvalue weighted by molar-refractivity contribution is 7.92. The molecule has 3 aromatic carbocycles. The number of anilines is 1. The Bertz CT molecular complexity index is 1130. The molecule has 0 radical (unpaired) electrons. The van der Waals surface area contributed by atoms with Gasteiger partial charge in [-0.15, -0.1) is 0 Å². The van der Waals surface area contributed by atoms with Crippen LogP contribution in [0, 0.1) is 12.7 Å². The van der Waals surface area contributed by atoms with Gasteiger partial charge in [0.1, 0.15) is 5.82 Å². The maximum Gasteiger partial charge on any atom is 0.261 e. The zero-order valence-electron chi connectivity index (χ0n) is 16.7. The van der Waals surface area contributed by atoms with E-state index in [1.807, 2.05) is 38.1 Å². The Morgan fingerprint density at radius 2 is 1.67 bits per heavy atom. The van der Waals surface area contributed by atoms with Crippen LogP contribution in [0.5, 0.6) is 0 Å². The van der Waals surface area contributed by atoms with Crippen LogP contribution in [0.4, 0.5) is 10.1 Å². The first-order valence-electron chi connectivity index (χ1n) is 9.54. The molecule has 1 amide bonds. The van der Waals surface area contributed by atoms with Gasteiger partial charge in [-0.2, -0.15) is 0 Å². The second-order valence-corrected chi connectivity index (χ2v) is 8.67. The molecule has 2 N–H and O–H groups in total. The first kappa shape index (κ1) is 21.5. The number of benzene rings is 3. The Morgan fingerprint density at radius 1 is 1.00 bits per heavy atom. The molecule has 1 unspecified atom stereocenters. The van der Waals surface area contributed by atoms with Crippen LogP contribution < -0.4 is 10.0 Å². The molecule has 0 aliphatic rings. The minimum Gasteiger partial charge on any atom is -0.345 e. The fourth-order valence-corrected chi connectivity index (χ4v) is 4.10. The molecule has 0 fully saturated rings. The van der Waals surface area contributed by atoms with Crippen molar-refractivity contribution in [2.75, 3.05) is 4.72 Å². The maximum absolute atomic E-state index is 13.0. The van der Waals surface area contributed by atoms with E-state index in [2.05, 4.69) is 10.0 Å². The molecular formula is C23H23FN2O3S. The van der Waals surface area contributed by atoms with E-state index in [0.29, 0.717) is 6.42 Å². The third-order valence-corrected chi connectivity index (χ3v) is 6.08. The molecule has 0 saturated carbocycles. The van der Waals surface area contributed by atoms with Gasteiger partial charge in [0.25, 0.3) is 15.9 Å².